The van der Waals surface area contributed by atoms with Gasteiger partial charge in [-0.15, -0.1) is 0 Å². The maximum Gasteiger partial charge on any atom is 0.306 e. The molecule has 6 nitrogen and oxygen atoms in total. The molecule has 1 atom stereocenters. The first-order chi connectivity index (χ1) is 37.0. The van der Waals surface area contributed by atoms with Crippen LogP contribution in [-0.2, 0) is 28.6 Å². The molecule has 0 aromatic rings. The second-order valence-corrected chi connectivity index (χ2v) is 18.4. The number of carbonyl (C=O) groups is 3. The summed E-state index contributed by atoms with van der Waals surface area (Å²) in [5.74, 6) is -1.05. The molecule has 0 aromatic heterocycles. The molecular weight excluding hydrogens is 925 g/mol. The van der Waals surface area contributed by atoms with E-state index in [4.69, 9.17) is 14.2 Å². The summed E-state index contributed by atoms with van der Waals surface area (Å²) in [7, 11) is 0. The Morgan fingerprint density at radius 2 is 0.493 bits per heavy atom. The molecule has 6 heteroatoms. The summed E-state index contributed by atoms with van der Waals surface area (Å²) in [5, 5.41) is 0. The molecule has 0 saturated carbocycles. The van der Waals surface area contributed by atoms with E-state index in [1.807, 2.05) is 0 Å². The quantitative estimate of drug-likeness (QED) is 0.0261. The number of allylic oxidation sites excluding steroid dienone is 30. The summed E-state index contributed by atoms with van der Waals surface area (Å²) in [5.41, 5.74) is 0. The first kappa shape index (κ1) is 69.5. The second-order valence-electron chi connectivity index (χ2n) is 18.4. The van der Waals surface area contributed by atoms with E-state index in [2.05, 4.69) is 203 Å². The number of carbonyl (C=O) groups excluding carboxylic acids is 3. The van der Waals surface area contributed by atoms with Gasteiger partial charge < -0.3 is 14.2 Å². The number of hydrogen-bond donors (Lipinski definition) is 0. The third-order valence-corrected chi connectivity index (χ3v) is 11.4. The predicted molar refractivity (Wildman–Crippen MR) is 324 cm³/mol. The molecule has 0 heterocycles. The average Bonchev–Trinajstić information content (AvgIpc) is 3.41. The number of ether oxygens (including phenoxy) is 3. The molecule has 0 bridgehead atoms. The van der Waals surface area contributed by atoms with Gasteiger partial charge in [0.15, 0.2) is 6.10 Å². The van der Waals surface area contributed by atoms with Crippen LogP contribution in [0.1, 0.15) is 213 Å². The Labute approximate surface area is 459 Å². The molecule has 1 unspecified atom stereocenters. The Bertz CT molecular complexity index is 1800. The molecule has 0 spiro atoms. The first-order valence-corrected chi connectivity index (χ1v) is 29.3. The normalized spacial score (nSPS) is 13.5. The van der Waals surface area contributed by atoms with E-state index in [-0.39, 0.29) is 44.0 Å². The molecule has 0 radical (unpaired) electrons. The maximum absolute atomic E-state index is 12.9. The van der Waals surface area contributed by atoms with Crippen LogP contribution in [0.5, 0.6) is 0 Å². The Morgan fingerprint density at radius 3 is 0.787 bits per heavy atom. The smallest absolute Gasteiger partial charge is 0.306 e. The van der Waals surface area contributed by atoms with Gasteiger partial charge in [-0.05, 0) is 148 Å². The molecule has 0 aromatic carbocycles. The highest BCUT2D eigenvalue weighted by molar-refractivity contribution is 5.71. The Balaban J connectivity index is 4.61. The molecule has 0 aliphatic heterocycles. The highest BCUT2D eigenvalue weighted by atomic mass is 16.6. The van der Waals surface area contributed by atoms with Crippen molar-refractivity contribution < 1.29 is 28.6 Å². The van der Waals surface area contributed by atoms with Crippen molar-refractivity contribution in [1.82, 2.24) is 0 Å². The van der Waals surface area contributed by atoms with Crippen LogP contribution in [0.2, 0.25) is 0 Å². The number of rotatable bonds is 50. The number of hydrogen-bond acceptors (Lipinski definition) is 6. The lowest BCUT2D eigenvalue weighted by molar-refractivity contribution is -0.167. The fourth-order valence-corrected chi connectivity index (χ4v) is 7.12. The topological polar surface area (TPSA) is 78.9 Å². The number of esters is 3. The molecule has 0 aliphatic rings. The van der Waals surface area contributed by atoms with Gasteiger partial charge >= 0.3 is 17.9 Å². The fraction of sp³-hybridized carbons (Fsp3) is 0.522. The van der Waals surface area contributed by atoms with E-state index in [1.165, 1.54) is 0 Å². The summed E-state index contributed by atoms with van der Waals surface area (Å²) in [6.45, 7) is 6.19. The molecule has 0 saturated heterocycles. The van der Waals surface area contributed by atoms with Gasteiger partial charge in [0.2, 0.25) is 0 Å². The SMILES string of the molecule is CC/C=C\C/C=C\C/C=C\C/C=C\C/C=C\C/C=C\C/C=C\CCCC(=O)OCC(COC(=O)CCCCCC/C=C\C/C=C\C/C=C\C/C=C\CC)OC(=O)CCCCCC/C=C\C/C=C\C/C=C\C/C=C\CC. The van der Waals surface area contributed by atoms with Crippen LogP contribution in [0.25, 0.3) is 0 Å². The highest BCUT2D eigenvalue weighted by Crippen LogP contribution is 2.12. The minimum Gasteiger partial charge on any atom is -0.462 e. The van der Waals surface area contributed by atoms with E-state index in [0.29, 0.717) is 12.8 Å². The molecule has 0 N–H and O–H groups in total. The van der Waals surface area contributed by atoms with Crippen molar-refractivity contribution in [3.63, 3.8) is 0 Å². The largest absolute Gasteiger partial charge is 0.462 e. The third kappa shape index (κ3) is 59.3. The Kier molecular flexibility index (Phi) is 56.6. The predicted octanol–water partition coefficient (Wildman–Crippen LogP) is 20.1. The molecule has 416 valence electrons. The standard InChI is InChI=1S/C69H104O6/c1-4-7-10-13-16-19-22-25-28-31-32-33-34-35-36-39-41-44-47-50-53-56-59-62-68(71)74-65-66(75-69(72)63-60-57-54-51-48-45-42-38-30-27-24-21-18-15-12-9-6-3)64-73-67(70)61-58-55-52-49-46-43-40-37-29-26-23-20-17-14-11-8-5-2/h7-12,16-21,25-30,32-33,35-36,40-45,50,53,66H,4-6,13-15,22-24,31,34,37-39,46-49,51-52,54-65H2,1-3H3/b10-7-,11-8-,12-9-,19-16-,20-17-,21-18-,28-25-,29-26-,30-27-,33-32-,36-35-,43-40-,44-41-,45-42-,53-50-. The summed E-state index contributed by atoms with van der Waals surface area (Å²) >= 11 is 0. The van der Waals surface area contributed by atoms with Gasteiger partial charge in [0.1, 0.15) is 13.2 Å². The van der Waals surface area contributed by atoms with Gasteiger partial charge in [-0.3, -0.25) is 14.4 Å². The summed E-state index contributed by atoms with van der Waals surface area (Å²) in [6.07, 6.45) is 91.7. The lowest BCUT2D eigenvalue weighted by Gasteiger charge is -2.18. The van der Waals surface area contributed by atoms with E-state index in [0.717, 1.165) is 167 Å². The molecule has 0 aliphatic carbocycles. The van der Waals surface area contributed by atoms with Crippen molar-refractivity contribution in [2.24, 2.45) is 0 Å². The first-order valence-electron chi connectivity index (χ1n) is 29.3. The van der Waals surface area contributed by atoms with Crippen molar-refractivity contribution >= 4 is 17.9 Å². The van der Waals surface area contributed by atoms with Gasteiger partial charge in [0, 0.05) is 19.3 Å². The van der Waals surface area contributed by atoms with Gasteiger partial charge in [0.05, 0.1) is 0 Å². The lowest BCUT2D eigenvalue weighted by atomic mass is 10.1. The highest BCUT2D eigenvalue weighted by Gasteiger charge is 2.19. The monoisotopic (exact) mass is 1030 g/mol. The van der Waals surface area contributed by atoms with Crippen LogP contribution < -0.4 is 0 Å². The van der Waals surface area contributed by atoms with Gasteiger partial charge in [0.25, 0.3) is 0 Å². The van der Waals surface area contributed by atoms with Crippen LogP contribution in [0.3, 0.4) is 0 Å². The van der Waals surface area contributed by atoms with E-state index < -0.39 is 6.10 Å². The molecule has 75 heavy (non-hydrogen) atoms. The summed E-state index contributed by atoms with van der Waals surface area (Å²) in [4.78, 5) is 38.2. The van der Waals surface area contributed by atoms with Crippen molar-refractivity contribution in [2.75, 3.05) is 13.2 Å². The van der Waals surface area contributed by atoms with E-state index >= 15 is 0 Å². The van der Waals surface area contributed by atoms with Crippen LogP contribution in [0.4, 0.5) is 0 Å². The molecular formula is C69H104O6. The Hall–Kier alpha value is -5.49. The molecule has 0 fully saturated rings. The Morgan fingerprint density at radius 1 is 0.267 bits per heavy atom. The third-order valence-electron chi connectivity index (χ3n) is 11.4. The van der Waals surface area contributed by atoms with Crippen LogP contribution in [0.15, 0.2) is 182 Å². The number of unbranched alkanes of at least 4 members (excludes halogenated alkanes) is 9. The van der Waals surface area contributed by atoms with Crippen molar-refractivity contribution in [3.05, 3.63) is 182 Å². The fourth-order valence-electron chi connectivity index (χ4n) is 7.12. The van der Waals surface area contributed by atoms with Crippen LogP contribution in [0, 0.1) is 0 Å². The minimum absolute atomic E-state index is 0.129. The zero-order chi connectivity index (χ0) is 54.3. The van der Waals surface area contributed by atoms with Crippen molar-refractivity contribution in [1.29, 1.82) is 0 Å². The summed E-state index contributed by atoms with van der Waals surface area (Å²) in [6, 6.07) is 0. The van der Waals surface area contributed by atoms with E-state index in [1.54, 1.807) is 0 Å². The van der Waals surface area contributed by atoms with Gasteiger partial charge in [-0.25, -0.2) is 0 Å². The second kappa shape index (κ2) is 61.1. The molecule has 0 amide bonds. The van der Waals surface area contributed by atoms with Crippen LogP contribution >= 0.6 is 0 Å². The summed E-state index contributed by atoms with van der Waals surface area (Å²) < 4.78 is 16.8. The maximum atomic E-state index is 12.9. The average molecular weight is 1030 g/mol. The van der Waals surface area contributed by atoms with Gasteiger partial charge in [-0.1, -0.05) is 229 Å². The molecule has 0 rings (SSSR count). The van der Waals surface area contributed by atoms with Crippen molar-refractivity contribution in [2.45, 2.75) is 219 Å². The minimum atomic E-state index is -0.837. The zero-order valence-corrected chi connectivity index (χ0v) is 47.5. The zero-order valence-electron chi connectivity index (χ0n) is 47.5. The van der Waals surface area contributed by atoms with E-state index in [9.17, 15) is 14.4 Å². The van der Waals surface area contributed by atoms with Crippen molar-refractivity contribution in [3.8, 4) is 0 Å². The van der Waals surface area contributed by atoms with Gasteiger partial charge in [-0.2, -0.15) is 0 Å². The lowest BCUT2D eigenvalue weighted by Crippen LogP contribution is -2.30. The van der Waals surface area contributed by atoms with Crippen LogP contribution in [-0.4, -0.2) is 37.2 Å².